The molecule has 1 fully saturated rings. The fourth-order valence-electron chi connectivity index (χ4n) is 1.77. The fourth-order valence-corrected chi connectivity index (χ4v) is 2.68. The van der Waals surface area contributed by atoms with Crippen LogP contribution in [0.15, 0.2) is 22.7 Å². The molecule has 0 aliphatic carbocycles. The van der Waals surface area contributed by atoms with Gasteiger partial charge in [-0.05, 0) is 40.5 Å². The summed E-state index contributed by atoms with van der Waals surface area (Å²) in [6, 6.07) is 5.38. The van der Waals surface area contributed by atoms with Crippen molar-refractivity contribution in [3.05, 3.63) is 27.7 Å². The van der Waals surface area contributed by atoms with Gasteiger partial charge in [0.05, 0.1) is 12.8 Å². The number of hydrogen-bond acceptors (Lipinski definition) is 3. The Balaban J connectivity index is 2.22. The summed E-state index contributed by atoms with van der Waals surface area (Å²) in [6.07, 6.45) is 0.835. The summed E-state index contributed by atoms with van der Waals surface area (Å²) in [6.45, 7) is 0.861. The van der Waals surface area contributed by atoms with Gasteiger partial charge in [0.2, 0.25) is 0 Å². The fraction of sp³-hybridized carbons (Fsp3) is 0.364. The van der Waals surface area contributed by atoms with Crippen LogP contribution < -0.4 is 4.90 Å². The molecule has 0 radical (unpaired) electrons. The Kier molecular flexibility index (Phi) is 3.40. The predicted octanol–water partition coefficient (Wildman–Crippen LogP) is 2.85. The van der Waals surface area contributed by atoms with Gasteiger partial charge in [0, 0.05) is 16.0 Å². The Bertz CT molecular complexity index is 424. The number of halogens is 2. The molecule has 5 heteroatoms. The van der Waals surface area contributed by atoms with Gasteiger partial charge in [-0.15, -0.1) is 0 Å². The van der Waals surface area contributed by atoms with E-state index in [2.05, 4.69) is 15.9 Å². The molecule has 0 N–H and O–H groups in total. The molecule has 1 saturated heterocycles. The summed E-state index contributed by atoms with van der Waals surface area (Å²) in [4.78, 5) is 13.5. The first kappa shape index (κ1) is 11.7. The second kappa shape index (κ2) is 4.63. The average molecular weight is 305 g/mol. The molecule has 86 valence electrons. The summed E-state index contributed by atoms with van der Waals surface area (Å²) < 4.78 is 5.64. The number of carbonyl (C=O) groups excluding carboxylic acids is 1. The number of hydrogen-bond donors (Lipinski definition) is 0. The highest BCUT2D eigenvalue weighted by Crippen LogP contribution is 2.34. The summed E-state index contributed by atoms with van der Waals surface area (Å²) in [5, 5.41) is 0.672. The van der Waals surface area contributed by atoms with E-state index in [1.54, 1.807) is 0 Å². The van der Waals surface area contributed by atoms with Gasteiger partial charge in [0.15, 0.2) is 0 Å². The molecule has 2 rings (SSSR count). The van der Waals surface area contributed by atoms with Crippen LogP contribution in [0.5, 0.6) is 0 Å². The molecule has 1 aromatic carbocycles. The predicted molar refractivity (Wildman–Crippen MR) is 66.9 cm³/mol. The Labute approximate surface area is 107 Å². The van der Waals surface area contributed by atoms with Crippen LogP contribution in [0.2, 0.25) is 5.02 Å². The third kappa shape index (κ3) is 2.04. The molecule has 1 atom stereocenters. The highest BCUT2D eigenvalue weighted by Gasteiger charge is 2.35. The lowest BCUT2D eigenvalue weighted by atomic mass is 10.0. The van der Waals surface area contributed by atoms with E-state index in [1.807, 2.05) is 23.1 Å². The number of anilines is 1. The van der Waals surface area contributed by atoms with Crippen molar-refractivity contribution in [1.82, 2.24) is 0 Å². The number of rotatable bonds is 2. The van der Waals surface area contributed by atoms with E-state index in [1.165, 1.54) is 7.11 Å². The quantitative estimate of drug-likeness (QED) is 0.787. The van der Waals surface area contributed by atoms with Gasteiger partial charge in [0.1, 0.15) is 6.04 Å². The van der Waals surface area contributed by atoms with Gasteiger partial charge < -0.3 is 9.64 Å². The number of carbonyl (C=O) groups is 1. The molecule has 1 heterocycles. The van der Waals surface area contributed by atoms with Crippen molar-refractivity contribution in [3.63, 3.8) is 0 Å². The molecular weight excluding hydrogens is 293 g/mol. The van der Waals surface area contributed by atoms with E-state index in [-0.39, 0.29) is 12.0 Å². The highest BCUT2D eigenvalue weighted by molar-refractivity contribution is 9.10. The zero-order valence-electron chi connectivity index (χ0n) is 8.74. The van der Waals surface area contributed by atoms with Crippen molar-refractivity contribution in [3.8, 4) is 0 Å². The van der Waals surface area contributed by atoms with Gasteiger partial charge in [-0.25, -0.2) is 4.79 Å². The molecule has 0 aromatic heterocycles. The van der Waals surface area contributed by atoms with Gasteiger partial charge in [-0.3, -0.25) is 0 Å². The van der Waals surface area contributed by atoms with Crippen LogP contribution in [0.25, 0.3) is 0 Å². The summed E-state index contributed by atoms with van der Waals surface area (Å²) in [5.41, 5.74) is 0.978. The number of ether oxygens (including phenoxy) is 1. The van der Waals surface area contributed by atoms with E-state index in [4.69, 9.17) is 16.3 Å². The first-order valence-electron chi connectivity index (χ1n) is 4.93. The van der Waals surface area contributed by atoms with Gasteiger partial charge in [-0.2, -0.15) is 0 Å². The maximum atomic E-state index is 11.5. The number of benzene rings is 1. The van der Waals surface area contributed by atoms with Crippen LogP contribution in [-0.2, 0) is 9.53 Å². The maximum absolute atomic E-state index is 11.5. The normalized spacial score (nSPS) is 19.2. The minimum Gasteiger partial charge on any atom is -0.467 e. The van der Waals surface area contributed by atoms with Crippen LogP contribution in [0.4, 0.5) is 5.69 Å². The van der Waals surface area contributed by atoms with Crippen LogP contribution in [0.3, 0.4) is 0 Å². The Morgan fingerprint density at radius 1 is 1.62 bits per heavy atom. The average Bonchev–Trinajstić information content (AvgIpc) is 2.20. The molecule has 1 aromatic rings. The van der Waals surface area contributed by atoms with Crippen LogP contribution >= 0.6 is 27.5 Å². The Morgan fingerprint density at radius 3 is 2.88 bits per heavy atom. The van der Waals surface area contributed by atoms with Gasteiger partial charge in [-0.1, -0.05) is 11.6 Å². The minimum atomic E-state index is -0.187. The van der Waals surface area contributed by atoms with Crippen LogP contribution in [0, 0.1) is 0 Å². The lowest BCUT2D eigenvalue weighted by Gasteiger charge is -2.41. The van der Waals surface area contributed by atoms with Crippen LogP contribution in [-0.4, -0.2) is 25.7 Å². The Hall–Kier alpha value is -0.740. The van der Waals surface area contributed by atoms with Crippen molar-refractivity contribution >= 4 is 39.2 Å². The number of nitrogens with zero attached hydrogens (tertiary/aromatic N) is 1. The lowest BCUT2D eigenvalue weighted by Crippen LogP contribution is -2.53. The molecule has 0 saturated carbocycles. The summed E-state index contributed by atoms with van der Waals surface area (Å²) in [7, 11) is 1.41. The monoisotopic (exact) mass is 303 g/mol. The van der Waals surface area contributed by atoms with Crippen molar-refractivity contribution in [2.24, 2.45) is 0 Å². The topological polar surface area (TPSA) is 29.5 Å². The smallest absolute Gasteiger partial charge is 0.328 e. The Morgan fingerprint density at radius 2 is 2.38 bits per heavy atom. The molecule has 1 aliphatic rings. The van der Waals surface area contributed by atoms with Gasteiger partial charge >= 0.3 is 5.97 Å². The van der Waals surface area contributed by atoms with E-state index >= 15 is 0 Å². The van der Waals surface area contributed by atoms with Crippen molar-refractivity contribution in [2.75, 3.05) is 18.6 Å². The van der Waals surface area contributed by atoms with Gasteiger partial charge in [0.25, 0.3) is 0 Å². The molecule has 16 heavy (non-hydrogen) atoms. The zero-order chi connectivity index (χ0) is 11.7. The van der Waals surface area contributed by atoms with Crippen molar-refractivity contribution < 1.29 is 9.53 Å². The van der Waals surface area contributed by atoms with E-state index in [0.29, 0.717) is 5.02 Å². The molecule has 3 nitrogen and oxygen atoms in total. The van der Waals surface area contributed by atoms with E-state index in [9.17, 15) is 4.79 Å². The first-order chi connectivity index (χ1) is 7.63. The molecule has 1 aliphatic heterocycles. The lowest BCUT2D eigenvalue weighted by molar-refractivity contribution is -0.143. The van der Waals surface area contributed by atoms with Crippen LogP contribution in [0.1, 0.15) is 6.42 Å². The second-order valence-corrected chi connectivity index (χ2v) is 4.91. The van der Waals surface area contributed by atoms with Crippen molar-refractivity contribution in [1.29, 1.82) is 0 Å². The number of esters is 1. The number of methoxy groups -OCH3 is 1. The van der Waals surface area contributed by atoms with Crippen molar-refractivity contribution in [2.45, 2.75) is 12.5 Å². The highest BCUT2D eigenvalue weighted by atomic mass is 79.9. The molecule has 0 spiro atoms. The largest absolute Gasteiger partial charge is 0.467 e. The molecular formula is C11H11BrClNO2. The van der Waals surface area contributed by atoms with E-state index < -0.39 is 0 Å². The zero-order valence-corrected chi connectivity index (χ0v) is 11.1. The molecule has 0 bridgehead atoms. The third-order valence-electron chi connectivity index (χ3n) is 2.71. The third-order valence-corrected chi connectivity index (χ3v) is 3.58. The maximum Gasteiger partial charge on any atom is 0.328 e. The first-order valence-corrected chi connectivity index (χ1v) is 6.10. The molecule has 1 unspecified atom stereocenters. The molecule has 0 amide bonds. The van der Waals surface area contributed by atoms with E-state index in [0.717, 1.165) is 23.1 Å². The second-order valence-electron chi connectivity index (χ2n) is 3.62. The SMILES string of the molecule is COC(=O)C1CCN1c1ccc(Cl)cc1Br. The minimum absolute atomic E-state index is 0.164. The standard InChI is InChI=1S/C11H11BrClNO2/c1-16-11(15)10-4-5-14(10)9-3-2-7(13)6-8(9)12/h2-3,6,10H,4-5H2,1H3. The summed E-state index contributed by atoms with van der Waals surface area (Å²) >= 11 is 9.31. The summed E-state index contributed by atoms with van der Waals surface area (Å²) in [5.74, 6) is -0.187.